The van der Waals surface area contributed by atoms with Crippen molar-refractivity contribution in [1.29, 1.82) is 0 Å². The van der Waals surface area contributed by atoms with E-state index in [4.69, 9.17) is 6.42 Å². The highest BCUT2D eigenvalue weighted by atomic mass is 16.1. The molecule has 2 heterocycles. The minimum Gasteiger partial charge on any atom is -0.356 e. The molecular weight excluding hydrogens is 280 g/mol. The van der Waals surface area contributed by atoms with Crippen LogP contribution in [0.4, 0.5) is 0 Å². The van der Waals surface area contributed by atoms with E-state index >= 15 is 0 Å². The third kappa shape index (κ3) is 4.65. The molecule has 1 N–H and O–H groups in total. The highest BCUT2D eigenvalue weighted by Gasteiger charge is 2.38. The SMILES string of the molecule is C#CCCC1(CCNC(=O)CCCn2nc(C)nc2C)N=N1. The maximum atomic E-state index is 11.8. The molecule has 0 spiro atoms. The number of hydrogen-bond donors (Lipinski definition) is 1. The molecular formula is C15H22N6O. The summed E-state index contributed by atoms with van der Waals surface area (Å²) >= 11 is 0. The molecule has 7 heteroatoms. The number of nitrogens with zero attached hydrogens (tertiary/aromatic N) is 5. The zero-order valence-electron chi connectivity index (χ0n) is 13.2. The highest BCUT2D eigenvalue weighted by molar-refractivity contribution is 5.75. The molecule has 1 aromatic heterocycles. The average molecular weight is 302 g/mol. The van der Waals surface area contributed by atoms with Crippen molar-refractivity contribution in [2.45, 2.75) is 58.2 Å². The predicted molar refractivity (Wildman–Crippen MR) is 82.0 cm³/mol. The number of amides is 1. The molecule has 1 aromatic rings. The summed E-state index contributed by atoms with van der Waals surface area (Å²) in [4.78, 5) is 16.0. The van der Waals surface area contributed by atoms with Gasteiger partial charge in [-0.25, -0.2) is 4.98 Å². The second-order valence-corrected chi connectivity index (χ2v) is 5.52. The predicted octanol–water partition coefficient (Wildman–Crippen LogP) is 1.76. The van der Waals surface area contributed by atoms with E-state index in [1.165, 1.54) is 0 Å². The van der Waals surface area contributed by atoms with Gasteiger partial charge >= 0.3 is 0 Å². The quantitative estimate of drug-likeness (QED) is 0.705. The number of rotatable bonds is 9. The molecule has 0 saturated heterocycles. The van der Waals surface area contributed by atoms with Gasteiger partial charge in [0.15, 0.2) is 5.66 Å². The standard InChI is InChI=1S/C15H22N6O/c1-4-5-8-15(19-20-15)9-10-16-14(22)7-6-11-21-13(3)17-12(2)18-21/h1H,5-11H2,2-3H3,(H,16,22). The molecule has 7 nitrogen and oxygen atoms in total. The van der Waals surface area contributed by atoms with Crippen LogP contribution < -0.4 is 5.32 Å². The summed E-state index contributed by atoms with van der Waals surface area (Å²) in [6.45, 7) is 5.06. The average Bonchev–Trinajstić information content (AvgIpc) is 3.16. The Labute approximate surface area is 130 Å². The largest absolute Gasteiger partial charge is 0.356 e. The maximum Gasteiger partial charge on any atom is 0.220 e. The summed E-state index contributed by atoms with van der Waals surface area (Å²) < 4.78 is 1.83. The van der Waals surface area contributed by atoms with Crippen molar-refractivity contribution >= 4 is 5.91 Å². The van der Waals surface area contributed by atoms with Gasteiger partial charge in [-0.05, 0) is 20.3 Å². The first-order chi connectivity index (χ1) is 10.5. The van der Waals surface area contributed by atoms with Crippen molar-refractivity contribution in [2.75, 3.05) is 6.54 Å². The van der Waals surface area contributed by atoms with Crippen molar-refractivity contribution in [3.8, 4) is 12.3 Å². The zero-order valence-corrected chi connectivity index (χ0v) is 13.2. The zero-order chi connectivity index (χ0) is 16.0. The van der Waals surface area contributed by atoms with Crippen molar-refractivity contribution < 1.29 is 4.79 Å². The maximum absolute atomic E-state index is 11.8. The summed E-state index contributed by atoms with van der Waals surface area (Å²) in [7, 11) is 0. The molecule has 118 valence electrons. The molecule has 0 atom stereocenters. The van der Waals surface area contributed by atoms with Gasteiger partial charge in [-0.15, -0.1) is 12.3 Å². The first-order valence-corrected chi connectivity index (χ1v) is 7.57. The summed E-state index contributed by atoms with van der Waals surface area (Å²) in [6.07, 6.45) is 8.62. The van der Waals surface area contributed by atoms with Gasteiger partial charge in [0.05, 0.1) is 0 Å². The third-order valence-electron chi connectivity index (χ3n) is 3.64. The Balaban J connectivity index is 1.59. The normalized spacial score (nSPS) is 14.6. The van der Waals surface area contributed by atoms with Gasteiger partial charge in [0.1, 0.15) is 11.6 Å². The minimum atomic E-state index is -0.324. The molecule has 22 heavy (non-hydrogen) atoms. The number of terminal acetylenes is 1. The van der Waals surface area contributed by atoms with Crippen LogP contribution in [-0.2, 0) is 11.3 Å². The molecule has 2 rings (SSSR count). The molecule has 1 aliphatic heterocycles. The van der Waals surface area contributed by atoms with Gasteiger partial charge in [-0.2, -0.15) is 15.3 Å². The number of nitrogens with one attached hydrogen (secondary N) is 1. The lowest BCUT2D eigenvalue weighted by atomic mass is 10.0. The van der Waals surface area contributed by atoms with E-state index in [1.807, 2.05) is 18.5 Å². The van der Waals surface area contributed by atoms with E-state index in [9.17, 15) is 4.79 Å². The molecule has 1 amide bonds. The van der Waals surface area contributed by atoms with E-state index in [0.29, 0.717) is 25.9 Å². The van der Waals surface area contributed by atoms with Crippen molar-refractivity contribution in [3.05, 3.63) is 11.6 Å². The number of hydrogen-bond acceptors (Lipinski definition) is 5. The van der Waals surface area contributed by atoms with Crippen LogP contribution in [0.5, 0.6) is 0 Å². The highest BCUT2D eigenvalue weighted by Crippen LogP contribution is 2.35. The van der Waals surface area contributed by atoms with Crippen LogP contribution in [0.2, 0.25) is 0 Å². The van der Waals surface area contributed by atoms with Crippen molar-refractivity contribution in [2.24, 2.45) is 10.2 Å². The molecule has 0 unspecified atom stereocenters. The lowest BCUT2D eigenvalue weighted by Crippen LogP contribution is -2.28. The Morgan fingerprint density at radius 3 is 2.73 bits per heavy atom. The van der Waals surface area contributed by atoms with Crippen LogP contribution in [0.3, 0.4) is 0 Å². The molecule has 0 aromatic carbocycles. The van der Waals surface area contributed by atoms with E-state index in [1.54, 1.807) is 0 Å². The number of carbonyl (C=O) groups is 1. The Hall–Kier alpha value is -2.23. The van der Waals surface area contributed by atoms with Crippen molar-refractivity contribution in [1.82, 2.24) is 20.1 Å². The van der Waals surface area contributed by atoms with E-state index < -0.39 is 0 Å². The summed E-state index contributed by atoms with van der Waals surface area (Å²) in [6, 6.07) is 0. The smallest absolute Gasteiger partial charge is 0.220 e. The van der Waals surface area contributed by atoms with Gasteiger partial charge in [0.2, 0.25) is 5.91 Å². The second-order valence-electron chi connectivity index (χ2n) is 5.52. The van der Waals surface area contributed by atoms with Gasteiger partial charge in [0.25, 0.3) is 0 Å². The lowest BCUT2D eigenvalue weighted by Gasteiger charge is -2.10. The van der Waals surface area contributed by atoms with Crippen molar-refractivity contribution in [3.63, 3.8) is 0 Å². The molecule has 0 fully saturated rings. The summed E-state index contributed by atoms with van der Waals surface area (Å²) in [5.74, 6) is 4.28. The van der Waals surface area contributed by atoms with E-state index in [2.05, 4.69) is 31.5 Å². The first-order valence-electron chi connectivity index (χ1n) is 7.57. The van der Waals surface area contributed by atoms with Crippen LogP contribution in [0.25, 0.3) is 0 Å². The molecule has 0 bridgehead atoms. The summed E-state index contributed by atoms with van der Waals surface area (Å²) in [5, 5.41) is 15.3. The molecule has 0 saturated carbocycles. The van der Waals surface area contributed by atoms with Gasteiger partial charge in [-0.1, -0.05) is 0 Å². The fourth-order valence-corrected chi connectivity index (χ4v) is 2.32. The lowest BCUT2D eigenvalue weighted by molar-refractivity contribution is -0.121. The third-order valence-corrected chi connectivity index (χ3v) is 3.64. The Morgan fingerprint density at radius 1 is 1.36 bits per heavy atom. The van der Waals surface area contributed by atoms with Gasteiger partial charge in [0, 0.05) is 38.8 Å². The Kier molecular flexibility index (Phi) is 5.26. The Bertz CT molecular complexity index is 592. The fourth-order valence-electron chi connectivity index (χ4n) is 2.32. The Morgan fingerprint density at radius 2 is 2.14 bits per heavy atom. The summed E-state index contributed by atoms with van der Waals surface area (Å²) in [5.41, 5.74) is -0.324. The van der Waals surface area contributed by atoms with E-state index in [0.717, 1.165) is 30.9 Å². The van der Waals surface area contributed by atoms with Crippen LogP contribution in [-0.4, -0.2) is 32.9 Å². The first kappa shape index (κ1) is 16.1. The topological polar surface area (TPSA) is 84.5 Å². The van der Waals surface area contributed by atoms with Crippen LogP contribution >= 0.6 is 0 Å². The molecule has 0 radical (unpaired) electrons. The number of carbonyl (C=O) groups excluding carboxylic acids is 1. The van der Waals surface area contributed by atoms with Crippen LogP contribution in [0.1, 0.15) is 43.8 Å². The minimum absolute atomic E-state index is 0.0437. The molecule has 1 aliphatic rings. The van der Waals surface area contributed by atoms with Crippen LogP contribution in [0, 0.1) is 26.2 Å². The monoisotopic (exact) mass is 302 g/mol. The molecule has 0 aliphatic carbocycles. The number of aromatic nitrogens is 3. The van der Waals surface area contributed by atoms with Crippen LogP contribution in [0.15, 0.2) is 10.2 Å². The van der Waals surface area contributed by atoms with Gasteiger partial charge < -0.3 is 5.32 Å². The van der Waals surface area contributed by atoms with E-state index in [-0.39, 0.29) is 11.6 Å². The van der Waals surface area contributed by atoms with Gasteiger partial charge in [-0.3, -0.25) is 9.48 Å². The fraction of sp³-hybridized carbons (Fsp3) is 0.667. The number of aryl methyl sites for hydroxylation is 3. The second kappa shape index (κ2) is 7.16.